The molecular weight excluding hydrogens is 246 g/mol. The smallest absolute Gasteiger partial charge is 0.119 e. The first-order valence-corrected chi connectivity index (χ1v) is 8.12. The number of hydrogen-bond acceptors (Lipinski definition) is 2. The monoisotopic (exact) mass is 269 g/mol. The molecule has 3 aliphatic carbocycles. The molecule has 0 radical (unpaired) electrons. The Bertz CT molecular complexity index is 597. The minimum absolute atomic E-state index is 0.496. The van der Waals surface area contributed by atoms with E-state index in [-0.39, 0.29) is 0 Å². The highest BCUT2D eigenvalue weighted by molar-refractivity contribution is 5.52. The van der Waals surface area contributed by atoms with E-state index in [1.807, 2.05) is 0 Å². The van der Waals surface area contributed by atoms with Gasteiger partial charge in [0.15, 0.2) is 0 Å². The summed E-state index contributed by atoms with van der Waals surface area (Å²) < 4.78 is 5.50. The van der Waals surface area contributed by atoms with Crippen LogP contribution in [0.1, 0.15) is 43.2 Å². The van der Waals surface area contributed by atoms with Gasteiger partial charge in [0.1, 0.15) is 5.75 Å². The van der Waals surface area contributed by atoms with E-state index in [9.17, 15) is 0 Å². The van der Waals surface area contributed by atoms with E-state index in [0.717, 1.165) is 17.7 Å². The van der Waals surface area contributed by atoms with Crippen LogP contribution < -0.4 is 4.74 Å². The lowest BCUT2D eigenvalue weighted by atomic mass is 9.36. The van der Waals surface area contributed by atoms with Gasteiger partial charge in [-0.05, 0) is 56.0 Å². The van der Waals surface area contributed by atoms with E-state index in [2.05, 4.69) is 30.1 Å². The largest absolute Gasteiger partial charge is 0.497 e. The molecule has 1 unspecified atom stereocenters. The summed E-state index contributed by atoms with van der Waals surface area (Å²) in [5.41, 5.74) is 4.30. The molecule has 3 fully saturated rings. The normalized spacial score (nSPS) is 44.5. The van der Waals surface area contributed by atoms with Crippen LogP contribution in [0.2, 0.25) is 0 Å². The predicted octanol–water partition coefficient (Wildman–Crippen LogP) is 3.14. The molecule has 1 aliphatic heterocycles. The van der Waals surface area contributed by atoms with Gasteiger partial charge in [0.25, 0.3) is 0 Å². The highest BCUT2D eigenvalue weighted by Crippen LogP contribution is 2.73. The molecule has 2 bridgehead atoms. The van der Waals surface area contributed by atoms with Crippen molar-refractivity contribution in [1.29, 1.82) is 0 Å². The van der Waals surface area contributed by atoms with Crippen LogP contribution in [-0.2, 0) is 11.8 Å². The van der Waals surface area contributed by atoms with Crippen molar-refractivity contribution in [3.05, 3.63) is 29.3 Å². The maximum atomic E-state index is 5.50. The Balaban J connectivity index is 1.70. The summed E-state index contributed by atoms with van der Waals surface area (Å²) in [7, 11) is 4.17. The molecule has 0 N–H and O–H groups in total. The van der Waals surface area contributed by atoms with Crippen LogP contribution in [0.25, 0.3) is 0 Å². The second-order valence-electron chi connectivity index (χ2n) is 7.53. The zero-order valence-electron chi connectivity index (χ0n) is 12.5. The second-order valence-corrected chi connectivity index (χ2v) is 7.53. The fourth-order valence-electron chi connectivity index (χ4n) is 6.43. The third-order valence-corrected chi connectivity index (χ3v) is 7.15. The Morgan fingerprint density at radius 2 is 2.10 bits per heavy atom. The Kier molecular flexibility index (Phi) is 1.98. The molecule has 106 valence electrons. The van der Waals surface area contributed by atoms with Crippen LogP contribution in [0.3, 0.4) is 0 Å². The molecule has 0 aromatic heterocycles. The number of hydrogen-bond donors (Lipinski definition) is 0. The van der Waals surface area contributed by atoms with Crippen LogP contribution >= 0.6 is 0 Å². The van der Waals surface area contributed by atoms with E-state index >= 15 is 0 Å². The summed E-state index contributed by atoms with van der Waals surface area (Å²) in [6.07, 6.45) is 8.33. The molecule has 5 rings (SSSR count). The van der Waals surface area contributed by atoms with Crippen molar-refractivity contribution in [3.63, 3.8) is 0 Å². The molecule has 2 saturated carbocycles. The number of ether oxygens (including phenoxy) is 1. The van der Waals surface area contributed by atoms with Gasteiger partial charge >= 0.3 is 0 Å². The molecule has 2 heteroatoms. The van der Waals surface area contributed by atoms with Crippen LogP contribution in [0.5, 0.6) is 5.75 Å². The zero-order valence-corrected chi connectivity index (χ0v) is 12.5. The number of likely N-dealkylation sites (tertiary alicyclic amines) is 1. The Morgan fingerprint density at radius 1 is 1.25 bits per heavy atom. The molecule has 20 heavy (non-hydrogen) atoms. The molecule has 4 atom stereocenters. The first-order valence-electron chi connectivity index (χ1n) is 8.12. The van der Waals surface area contributed by atoms with Gasteiger partial charge in [-0.15, -0.1) is 0 Å². The Hall–Kier alpha value is -1.02. The minimum Gasteiger partial charge on any atom is -0.497 e. The fraction of sp³-hybridized carbons (Fsp3) is 0.667. The summed E-state index contributed by atoms with van der Waals surface area (Å²) in [4.78, 5) is 2.73. The zero-order chi connectivity index (χ0) is 13.5. The van der Waals surface area contributed by atoms with E-state index in [1.54, 1.807) is 18.2 Å². The summed E-state index contributed by atoms with van der Waals surface area (Å²) in [6.45, 7) is 0. The summed E-state index contributed by atoms with van der Waals surface area (Å²) in [5.74, 6) is 1.98. The molecule has 1 heterocycles. The first kappa shape index (κ1) is 11.6. The van der Waals surface area contributed by atoms with Crippen molar-refractivity contribution in [2.45, 2.75) is 55.5 Å². The molecule has 0 amide bonds. The van der Waals surface area contributed by atoms with E-state index in [0.29, 0.717) is 11.0 Å². The van der Waals surface area contributed by atoms with E-state index < -0.39 is 0 Å². The van der Waals surface area contributed by atoms with Crippen LogP contribution in [-0.4, -0.2) is 30.6 Å². The fourth-order valence-corrected chi connectivity index (χ4v) is 6.43. The number of likely N-dealkylation sites (N-methyl/N-ethyl adjacent to an activating group) is 1. The molecule has 2 spiro atoms. The summed E-state index contributed by atoms with van der Waals surface area (Å²) in [5, 5.41) is 0. The van der Waals surface area contributed by atoms with Gasteiger partial charge in [-0.2, -0.15) is 0 Å². The summed E-state index contributed by atoms with van der Waals surface area (Å²) in [6, 6.07) is 7.65. The third kappa shape index (κ3) is 1.03. The van der Waals surface area contributed by atoms with Crippen molar-refractivity contribution in [2.24, 2.45) is 5.92 Å². The lowest BCUT2D eigenvalue weighted by Crippen LogP contribution is -2.86. The van der Waals surface area contributed by atoms with Gasteiger partial charge < -0.3 is 4.74 Å². The molecular formula is C18H23NO. The average molecular weight is 269 g/mol. The van der Waals surface area contributed by atoms with Crippen molar-refractivity contribution < 1.29 is 4.74 Å². The van der Waals surface area contributed by atoms with Crippen molar-refractivity contribution in [1.82, 2.24) is 4.90 Å². The Morgan fingerprint density at radius 3 is 2.95 bits per heavy atom. The molecule has 4 aliphatic rings. The van der Waals surface area contributed by atoms with Crippen molar-refractivity contribution in [3.8, 4) is 5.75 Å². The topological polar surface area (TPSA) is 12.5 Å². The molecule has 1 saturated heterocycles. The van der Waals surface area contributed by atoms with Crippen LogP contribution in [0.15, 0.2) is 18.2 Å². The first-order chi connectivity index (χ1) is 9.71. The highest BCUT2D eigenvalue weighted by atomic mass is 16.5. The van der Waals surface area contributed by atoms with Gasteiger partial charge in [0.05, 0.1) is 7.11 Å². The molecule has 2 nitrogen and oxygen atoms in total. The maximum absolute atomic E-state index is 5.50. The second kappa shape index (κ2) is 3.41. The minimum atomic E-state index is 0.496. The average Bonchev–Trinajstić information content (AvgIpc) is 2.76. The lowest BCUT2D eigenvalue weighted by Gasteiger charge is -2.79. The van der Waals surface area contributed by atoms with Gasteiger partial charge in [0.2, 0.25) is 0 Å². The quantitative estimate of drug-likeness (QED) is 0.776. The number of benzene rings is 1. The predicted molar refractivity (Wildman–Crippen MR) is 79.2 cm³/mol. The Labute approximate surface area is 121 Å². The van der Waals surface area contributed by atoms with Gasteiger partial charge in [-0.1, -0.05) is 18.9 Å². The number of fused-ring (bicyclic) bond motifs is 1. The third-order valence-electron chi connectivity index (χ3n) is 7.15. The molecule has 1 aromatic rings. The summed E-state index contributed by atoms with van der Waals surface area (Å²) >= 11 is 0. The highest BCUT2D eigenvalue weighted by Gasteiger charge is 2.76. The van der Waals surface area contributed by atoms with E-state index in [1.165, 1.54) is 38.5 Å². The number of methoxy groups -OCH3 is 1. The van der Waals surface area contributed by atoms with Crippen LogP contribution in [0.4, 0.5) is 0 Å². The number of nitrogens with zero attached hydrogens (tertiary/aromatic N) is 1. The van der Waals surface area contributed by atoms with E-state index in [4.69, 9.17) is 4.74 Å². The van der Waals surface area contributed by atoms with Gasteiger partial charge in [-0.3, -0.25) is 4.90 Å². The van der Waals surface area contributed by atoms with Crippen LogP contribution in [0, 0.1) is 5.92 Å². The van der Waals surface area contributed by atoms with Gasteiger partial charge in [-0.25, -0.2) is 0 Å². The standard InChI is InChI=1S/C18H23NO/c1-19-15-9-12-5-6-13(20-2)10-14(12)17-7-3-4-8-18(19,11-17)16(15)17/h5-6,10,15-16H,3-4,7-9,11H2,1-2H3/t15-,16+,17+,18?/m0/s1. The number of piperidine rings is 1. The van der Waals surface area contributed by atoms with Gasteiger partial charge in [0, 0.05) is 22.9 Å². The SMILES string of the molecule is COc1ccc2c(c1)[C@@]13CCCCC4(C1)[C@@H]3[C@H](C2)N4C. The number of rotatable bonds is 1. The van der Waals surface area contributed by atoms with Crippen molar-refractivity contribution in [2.75, 3.05) is 14.2 Å². The molecule has 1 aromatic carbocycles. The lowest BCUT2D eigenvalue weighted by molar-refractivity contribution is -0.248. The maximum Gasteiger partial charge on any atom is 0.119 e. The van der Waals surface area contributed by atoms with Crippen molar-refractivity contribution >= 4 is 0 Å².